The number of nitrogens with one attached hydrogen (secondary N) is 1. The molecule has 1 N–H and O–H groups in total. The number of nitrogens with zero attached hydrogens (tertiary/aromatic N) is 2. The van der Waals surface area contributed by atoms with Crippen LogP contribution in [-0.4, -0.2) is 21.5 Å². The van der Waals surface area contributed by atoms with E-state index in [-0.39, 0.29) is 10.6 Å². The molecule has 1 aromatic carbocycles. The van der Waals surface area contributed by atoms with Gasteiger partial charge in [0, 0.05) is 49.3 Å². The first kappa shape index (κ1) is 19.9. The fraction of sp³-hybridized carbons (Fsp3) is 0.316. The molecule has 0 fully saturated rings. The Morgan fingerprint density at radius 3 is 2.74 bits per heavy atom. The highest BCUT2D eigenvalue weighted by Gasteiger charge is 2.21. The lowest BCUT2D eigenvalue weighted by Crippen LogP contribution is -2.05. The van der Waals surface area contributed by atoms with Crippen molar-refractivity contribution in [3.05, 3.63) is 45.6 Å². The number of pyridine rings is 1. The van der Waals surface area contributed by atoms with E-state index in [0.717, 1.165) is 38.5 Å². The van der Waals surface area contributed by atoms with E-state index in [1.165, 1.54) is 8.93 Å². The Labute approximate surface area is 173 Å². The van der Waals surface area contributed by atoms with Gasteiger partial charge in [-0.15, -0.1) is 0 Å². The molecule has 0 radical (unpaired) electrons. The zero-order valence-corrected chi connectivity index (χ0v) is 18.5. The number of hydrogen-bond acceptors (Lipinski definition) is 5. The van der Waals surface area contributed by atoms with Gasteiger partial charge in [0.2, 0.25) is 0 Å². The van der Waals surface area contributed by atoms with Crippen LogP contribution in [0.4, 0.5) is 5.69 Å². The summed E-state index contributed by atoms with van der Waals surface area (Å²) >= 11 is 2.21. The molecule has 0 aliphatic heterocycles. The SMILES string of the molecule is Cc1ccc(-c2c(SI)[nH]c3ncc(OCC(C)C)c(C)c23)cc1[N+](=O)[O-]. The van der Waals surface area contributed by atoms with Crippen molar-refractivity contribution >= 4 is 46.9 Å². The zero-order chi connectivity index (χ0) is 19.7. The largest absolute Gasteiger partial charge is 0.491 e. The van der Waals surface area contributed by atoms with Crippen LogP contribution in [-0.2, 0) is 0 Å². The van der Waals surface area contributed by atoms with E-state index in [1.54, 1.807) is 25.3 Å². The number of H-pyrrole nitrogens is 1. The van der Waals surface area contributed by atoms with E-state index in [9.17, 15) is 10.1 Å². The predicted octanol–water partition coefficient (Wildman–Crippen LogP) is 6.23. The maximum absolute atomic E-state index is 11.4. The van der Waals surface area contributed by atoms with Crippen molar-refractivity contribution in [2.75, 3.05) is 6.61 Å². The lowest BCUT2D eigenvalue weighted by atomic mass is 10.0. The maximum Gasteiger partial charge on any atom is 0.272 e. The van der Waals surface area contributed by atoms with E-state index >= 15 is 0 Å². The van der Waals surface area contributed by atoms with Gasteiger partial charge < -0.3 is 9.72 Å². The Balaban J connectivity index is 2.23. The molecule has 0 unspecified atom stereocenters. The fourth-order valence-electron chi connectivity index (χ4n) is 2.97. The lowest BCUT2D eigenvalue weighted by molar-refractivity contribution is -0.385. The van der Waals surface area contributed by atoms with Gasteiger partial charge in [-0.1, -0.05) is 26.0 Å². The fourth-order valence-corrected chi connectivity index (χ4v) is 4.39. The summed E-state index contributed by atoms with van der Waals surface area (Å²) in [5.41, 5.74) is 4.21. The first-order chi connectivity index (χ1) is 12.8. The molecule has 0 saturated carbocycles. The third-order valence-corrected chi connectivity index (χ3v) is 6.13. The summed E-state index contributed by atoms with van der Waals surface area (Å²) < 4.78 is 5.93. The number of aromatic amines is 1. The second-order valence-electron chi connectivity index (χ2n) is 6.84. The molecule has 0 aliphatic rings. The summed E-state index contributed by atoms with van der Waals surface area (Å²) in [5, 5.41) is 13.2. The second kappa shape index (κ2) is 8.05. The van der Waals surface area contributed by atoms with Crippen molar-refractivity contribution in [2.45, 2.75) is 32.7 Å². The third kappa shape index (κ3) is 3.91. The molecule has 2 heterocycles. The summed E-state index contributed by atoms with van der Waals surface area (Å²) in [6.45, 7) is 8.55. The van der Waals surface area contributed by atoms with Gasteiger partial charge in [-0.05, 0) is 34.3 Å². The number of rotatable bonds is 6. The summed E-state index contributed by atoms with van der Waals surface area (Å²) in [5.74, 6) is 1.15. The van der Waals surface area contributed by atoms with Gasteiger partial charge in [0.05, 0.1) is 22.8 Å². The van der Waals surface area contributed by atoms with Crippen LogP contribution in [0.25, 0.3) is 22.2 Å². The van der Waals surface area contributed by atoms with Crippen LogP contribution in [0.2, 0.25) is 0 Å². The monoisotopic (exact) mass is 497 g/mol. The van der Waals surface area contributed by atoms with Crippen LogP contribution < -0.4 is 4.74 Å². The molecule has 27 heavy (non-hydrogen) atoms. The summed E-state index contributed by atoms with van der Waals surface area (Å²) in [6.07, 6.45) is 1.74. The second-order valence-corrected chi connectivity index (χ2v) is 8.72. The number of aromatic nitrogens is 2. The first-order valence-electron chi connectivity index (χ1n) is 8.51. The van der Waals surface area contributed by atoms with Gasteiger partial charge in [0.1, 0.15) is 11.4 Å². The Kier molecular flexibility index (Phi) is 5.95. The molecular weight excluding hydrogens is 477 g/mol. The molecule has 0 spiro atoms. The predicted molar refractivity (Wildman–Crippen MR) is 118 cm³/mol. The standard InChI is InChI=1S/C19H20IN3O3S/c1-10(2)9-26-15-8-21-18-16(12(15)4)17(19(22-18)27-20)13-6-5-11(3)14(7-13)23(24)25/h5-8,10H,9H2,1-4H3,(H,21,22). The molecule has 0 atom stereocenters. The minimum Gasteiger partial charge on any atom is -0.491 e. The highest BCUT2D eigenvalue weighted by Crippen LogP contribution is 2.43. The third-order valence-electron chi connectivity index (χ3n) is 4.35. The van der Waals surface area contributed by atoms with Gasteiger partial charge in [0.25, 0.3) is 5.69 Å². The molecule has 6 nitrogen and oxygen atoms in total. The number of nitro benzene ring substituents is 1. The highest BCUT2D eigenvalue weighted by molar-refractivity contribution is 14.2. The Morgan fingerprint density at radius 1 is 1.37 bits per heavy atom. The van der Waals surface area contributed by atoms with Gasteiger partial charge >= 0.3 is 0 Å². The number of ether oxygens (including phenoxy) is 1. The quantitative estimate of drug-likeness (QED) is 0.248. The molecule has 2 aromatic heterocycles. The summed E-state index contributed by atoms with van der Waals surface area (Å²) in [7, 11) is 1.53. The van der Waals surface area contributed by atoms with Gasteiger partial charge in [0.15, 0.2) is 0 Å². The number of benzene rings is 1. The molecule has 142 valence electrons. The van der Waals surface area contributed by atoms with E-state index in [0.29, 0.717) is 18.1 Å². The Hall–Kier alpha value is -1.81. The van der Waals surface area contributed by atoms with E-state index < -0.39 is 0 Å². The number of halogens is 1. The number of nitro groups is 1. The molecule has 0 saturated heterocycles. The van der Waals surface area contributed by atoms with Crippen molar-refractivity contribution in [2.24, 2.45) is 5.92 Å². The number of hydrogen-bond donors (Lipinski definition) is 1. The number of fused-ring (bicyclic) bond motifs is 1. The van der Waals surface area contributed by atoms with E-state index in [4.69, 9.17) is 4.74 Å². The van der Waals surface area contributed by atoms with Crippen molar-refractivity contribution < 1.29 is 9.66 Å². The van der Waals surface area contributed by atoms with Crippen molar-refractivity contribution in [3.8, 4) is 16.9 Å². The van der Waals surface area contributed by atoms with Crippen LogP contribution in [0.15, 0.2) is 29.4 Å². The smallest absolute Gasteiger partial charge is 0.272 e. The molecule has 0 bridgehead atoms. The topological polar surface area (TPSA) is 81.0 Å². The lowest BCUT2D eigenvalue weighted by Gasteiger charge is -2.12. The average Bonchev–Trinajstić information content (AvgIpc) is 3.00. The zero-order valence-electron chi connectivity index (χ0n) is 15.5. The normalized spacial score (nSPS) is 11.3. The van der Waals surface area contributed by atoms with Gasteiger partial charge in [-0.25, -0.2) is 4.98 Å². The molecule has 0 amide bonds. The van der Waals surface area contributed by atoms with Crippen molar-refractivity contribution in [1.29, 1.82) is 0 Å². The first-order valence-corrected chi connectivity index (χ1v) is 11.9. The molecule has 3 rings (SSSR count). The van der Waals surface area contributed by atoms with Crippen LogP contribution in [0.5, 0.6) is 5.75 Å². The molecular formula is C19H20IN3O3S. The average molecular weight is 497 g/mol. The van der Waals surface area contributed by atoms with E-state index in [1.807, 2.05) is 13.0 Å². The van der Waals surface area contributed by atoms with Crippen molar-refractivity contribution in [3.63, 3.8) is 0 Å². The van der Waals surface area contributed by atoms with Gasteiger partial charge in [-0.3, -0.25) is 10.1 Å². The minimum atomic E-state index is -0.340. The van der Waals surface area contributed by atoms with Crippen LogP contribution in [0.1, 0.15) is 25.0 Å². The van der Waals surface area contributed by atoms with Crippen LogP contribution in [0.3, 0.4) is 0 Å². The Bertz CT molecular complexity index is 1020. The molecule has 0 aliphatic carbocycles. The van der Waals surface area contributed by atoms with Crippen molar-refractivity contribution in [1.82, 2.24) is 9.97 Å². The molecule has 8 heteroatoms. The Morgan fingerprint density at radius 2 is 2.11 bits per heavy atom. The highest BCUT2D eigenvalue weighted by atomic mass is 127. The maximum atomic E-state index is 11.4. The molecule has 3 aromatic rings. The number of aryl methyl sites for hydroxylation is 2. The van der Waals surface area contributed by atoms with Gasteiger partial charge in [-0.2, -0.15) is 0 Å². The van der Waals surface area contributed by atoms with Crippen LogP contribution >= 0.6 is 30.1 Å². The minimum absolute atomic E-state index is 0.115. The summed E-state index contributed by atoms with van der Waals surface area (Å²) in [6, 6.07) is 5.34. The summed E-state index contributed by atoms with van der Waals surface area (Å²) in [4.78, 5) is 18.9. The van der Waals surface area contributed by atoms with E-state index in [2.05, 4.69) is 45.0 Å². The van der Waals surface area contributed by atoms with Crippen LogP contribution in [0, 0.1) is 29.9 Å².